The number of rotatable bonds is 8. The molecule has 8 rings (SSSR count). The zero-order valence-electron chi connectivity index (χ0n) is 30.1. The fourth-order valence-corrected chi connectivity index (χ4v) is 8.55. The van der Waals surface area contributed by atoms with Crippen molar-refractivity contribution in [2.24, 2.45) is 11.3 Å². The summed E-state index contributed by atoms with van der Waals surface area (Å²) >= 11 is 6.19. The van der Waals surface area contributed by atoms with Gasteiger partial charge in [-0.2, -0.15) is 0 Å². The molecule has 1 aliphatic carbocycles. The van der Waals surface area contributed by atoms with E-state index in [0.29, 0.717) is 77.4 Å². The van der Waals surface area contributed by atoms with Crippen molar-refractivity contribution in [3.8, 4) is 11.5 Å². The summed E-state index contributed by atoms with van der Waals surface area (Å²) in [5, 5.41) is 2.60. The molecule has 4 heterocycles. The van der Waals surface area contributed by atoms with Gasteiger partial charge < -0.3 is 14.4 Å². The number of likely N-dealkylation sites (tertiary alicyclic amines) is 1. The number of nitrogens with one attached hydrogen (secondary N) is 1. The Morgan fingerprint density at radius 1 is 0.889 bits per heavy atom. The quantitative estimate of drug-likeness (QED) is 0.227. The van der Waals surface area contributed by atoms with Gasteiger partial charge in [-0.3, -0.25) is 39.1 Å². The highest BCUT2D eigenvalue weighted by Gasteiger charge is 2.52. The van der Waals surface area contributed by atoms with Crippen molar-refractivity contribution in [3.05, 3.63) is 98.9 Å². The topological polar surface area (TPSA) is 130 Å². The Balaban J connectivity index is 0.802. The first-order valence-corrected chi connectivity index (χ1v) is 18.8. The Morgan fingerprint density at radius 2 is 1.50 bits per heavy atom. The molecule has 0 spiro atoms. The molecule has 1 saturated carbocycles. The molecule has 1 unspecified atom stereocenters. The zero-order chi connectivity index (χ0) is 37.9. The van der Waals surface area contributed by atoms with Crippen LogP contribution in [0, 0.1) is 17.9 Å². The van der Waals surface area contributed by atoms with Crippen molar-refractivity contribution in [1.29, 1.82) is 0 Å². The number of benzene rings is 3. The molecular formula is C41H40ClN5O7. The Kier molecular flexibility index (Phi) is 9.18. The minimum atomic E-state index is -0.975. The molecule has 13 heteroatoms. The van der Waals surface area contributed by atoms with Gasteiger partial charge in [0.05, 0.1) is 22.7 Å². The molecule has 3 atom stereocenters. The van der Waals surface area contributed by atoms with Gasteiger partial charge in [0.25, 0.3) is 17.7 Å². The molecular weight excluding hydrogens is 710 g/mol. The molecule has 278 valence electrons. The van der Waals surface area contributed by atoms with Crippen molar-refractivity contribution >= 4 is 46.8 Å². The maximum atomic E-state index is 13.4. The maximum absolute atomic E-state index is 13.4. The van der Waals surface area contributed by atoms with E-state index in [-0.39, 0.29) is 36.4 Å². The average Bonchev–Trinajstić information content (AvgIpc) is 3.66. The van der Waals surface area contributed by atoms with Gasteiger partial charge in [-0.25, -0.2) is 4.85 Å². The maximum Gasteiger partial charge on any atom is 0.262 e. The minimum absolute atomic E-state index is 0.00381. The molecule has 0 aromatic heterocycles. The van der Waals surface area contributed by atoms with Crippen LogP contribution in [-0.4, -0.2) is 82.1 Å². The van der Waals surface area contributed by atoms with Crippen LogP contribution in [0.5, 0.6) is 11.5 Å². The highest BCUT2D eigenvalue weighted by molar-refractivity contribution is 6.33. The van der Waals surface area contributed by atoms with Gasteiger partial charge in [0.2, 0.25) is 17.5 Å². The number of piperidine rings is 2. The largest absolute Gasteiger partial charge is 0.490 e. The van der Waals surface area contributed by atoms with E-state index in [1.54, 1.807) is 30.3 Å². The van der Waals surface area contributed by atoms with E-state index >= 15 is 0 Å². The summed E-state index contributed by atoms with van der Waals surface area (Å²) in [7, 11) is 0. The lowest BCUT2D eigenvalue weighted by molar-refractivity contribution is -0.136. The van der Waals surface area contributed by atoms with Crippen LogP contribution in [0.15, 0.2) is 54.6 Å². The third-order valence-electron chi connectivity index (χ3n) is 11.8. The molecule has 54 heavy (non-hydrogen) atoms. The Hall–Kier alpha value is -5.25. The summed E-state index contributed by atoms with van der Waals surface area (Å²) in [5.41, 5.74) is 3.39. The van der Waals surface area contributed by atoms with E-state index in [9.17, 15) is 24.0 Å². The van der Waals surface area contributed by atoms with Crippen molar-refractivity contribution < 1.29 is 33.4 Å². The second-order valence-electron chi connectivity index (χ2n) is 15.5. The van der Waals surface area contributed by atoms with Crippen LogP contribution < -0.4 is 14.8 Å². The highest BCUT2D eigenvalue weighted by Crippen LogP contribution is 2.46. The SMILES string of the molecule is [C-]#[N+]c1ccc(O[C@H]2C[C@H](Oc3ccc(C(=O)N4CCC(CN5Cc6cc7c(cc6C5)C(=O)N(C5CCC(=O)NC5=O)C7=O)CC4)cc3)C2(C)C)cc1Cl. The number of amides is 5. The molecule has 3 fully saturated rings. The fourth-order valence-electron chi connectivity index (χ4n) is 8.34. The second kappa shape index (κ2) is 13.9. The van der Waals surface area contributed by atoms with E-state index < -0.39 is 29.7 Å². The molecule has 0 radical (unpaired) electrons. The zero-order valence-corrected chi connectivity index (χ0v) is 30.9. The molecule has 3 aromatic rings. The number of carbonyl (C=O) groups excluding carboxylic acids is 5. The van der Waals surface area contributed by atoms with E-state index in [2.05, 4.69) is 28.9 Å². The predicted octanol–water partition coefficient (Wildman–Crippen LogP) is 5.78. The van der Waals surface area contributed by atoms with E-state index in [4.69, 9.17) is 27.6 Å². The summed E-state index contributed by atoms with van der Waals surface area (Å²) in [4.78, 5) is 72.6. The number of ether oxygens (including phenoxy) is 2. The van der Waals surface area contributed by atoms with Gasteiger partial charge >= 0.3 is 0 Å². The van der Waals surface area contributed by atoms with Gasteiger partial charge in [-0.15, -0.1) is 0 Å². The summed E-state index contributed by atoms with van der Waals surface area (Å²) in [6.45, 7) is 14.9. The smallest absolute Gasteiger partial charge is 0.262 e. The van der Waals surface area contributed by atoms with Crippen molar-refractivity contribution in [2.45, 2.75) is 77.3 Å². The van der Waals surface area contributed by atoms with Gasteiger partial charge in [0.1, 0.15) is 29.7 Å². The van der Waals surface area contributed by atoms with Crippen LogP contribution >= 0.6 is 11.6 Å². The van der Waals surface area contributed by atoms with Gasteiger partial charge in [0, 0.05) is 56.5 Å². The first-order chi connectivity index (χ1) is 25.9. The normalized spacial score (nSPS) is 23.7. The van der Waals surface area contributed by atoms with E-state index in [0.717, 1.165) is 35.4 Å². The van der Waals surface area contributed by atoms with Crippen LogP contribution in [-0.2, 0) is 22.7 Å². The average molecular weight is 750 g/mol. The third kappa shape index (κ3) is 6.49. The number of nitrogens with zero attached hydrogens (tertiary/aromatic N) is 4. The Labute approximate surface area is 318 Å². The lowest BCUT2D eigenvalue weighted by Crippen LogP contribution is -2.58. The van der Waals surface area contributed by atoms with Gasteiger partial charge in [-0.05, 0) is 84.8 Å². The Morgan fingerprint density at radius 3 is 2.07 bits per heavy atom. The lowest BCUT2D eigenvalue weighted by atomic mass is 9.66. The summed E-state index contributed by atoms with van der Waals surface area (Å²) < 4.78 is 12.5. The number of imide groups is 2. The predicted molar refractivity (Wildman–Crippen MR) is 197 cm³/mol. The molecule has 3 aromatic carbocycles. The van der Waals surface area contributed by atoms with Crippen LogP contribution in [0.25, 0.3) is 4.85 Å². The van der Waals surface area contributed by atoms with E-state index in [1.807, 2.05) is 29.2 Å². The first-order valence-electron chi connectivity index (χ1n) is 18.4. The van der Waals surface area contributed by atoms with Gasteiger partial charge in [-0.1, -0.05) is 31.5 Å². The third-order valence-corrected chi connectivity index (χ3v) is 12.1. The van der Waals surface area contributed by atoms with Crippen LogP contribution in [0.4, 0.5) is 5.69 Å². The molecule has 4 aliphatic heterocycles. The second-order valence-corrected chi connectivity index (χ2v) is 15.9. The molecule has 5 amide bonds. The Bertz CT molecular complexity index is 2080. The molecule has 12 nitrogen and oxygen atoms in total. The highest BCUT2D eigenvalue weighted by atomic mass is 35.5. The van der Waals surface area contributed by atoms with Crippen molar-refractivity contribution in [1.82, 2.24) is 20.0 Å². The number of halogens is 1. The summed E-state index contributed by atoms with van der Waals surface area (Å²) in [6, 6.07) is 15.1. The van der Waals surface area contributed by atoms with Gasteiger partial charge in [0.15, 0.2) is 0 Å². The lowest BCUT2D eigenvalue weighted by Gasteiger charge is -2.50. The van der Waals surface area contributed by atoms with Crippen LogP contribution in [0.2, 0.25) is 5.02 Å². The van der Waals surface area contributed by atoms with Crippen LogP contribution in [0.1, 0.15) is 88.2 Å². The van der Waals surface area contributed by atoms with E-state index in [1.165, 1.54) is 0 Å². The number of carbonyl (C=O) groups is 5. The standard InChI is InChI=1S/C41H40ClN5O7/c1-41(2)34(19-35(41)54-28-8-9-32(43-3)31(42)18-28)53-27-6-4-24(5-7-27)38(50)46-14-12-23(13-15-46)20-45-21-25-16-29-30(17-26(25)22-45)40(52)47(39(29)51)33-10-11-36(48)44-37(33)49/h4-9,16-18,23,33-35H,10-15,19-22H2,1-2H3,(H,44,48,49)/t33?,34-,35-/m0/s1. The molecule has 1 N–H and O–H groups in total. The molecule has 5 aliphatic rings. The fraction of sp³-hybridized carbons (Fsp3) is 0.415. The van der Waals surface area contributed by atoms with Crippen molar-refractivity contribution in [2.75, 3.05) is 19.6 Å². The minimum Gasteiger partial charge on any atom is -0.490 e. The number of hydrogen-bond donors (Lipinski definition) is 1. The number of hydrogen-bond acceptors (Lipinski definition) is 8. The van der Waals surface area contributed by atoms with Crippen molar-refractivity contribution in [3.63, 3.8) is 0 Å². The monoisotopic (exact) mass is 749 g/mol. The first kappa shape index (κ1) is 35.8. The molecule has 0 bridgehead atoms. The summed E-state index contributed by atoms with van der Waals surface area (Å²) in [5.74, 6) is -0.246. The summed E-state index contributed by atoms with van der Waals surface area (Å²) in [6.07, 6.45) is 2.54. The number of fused-ring (bicyclic) bond motifs is 2. The molecule has 2 saturated heterocycles. The van der Waals surface area contributed by atoms with Crippen LogP contribution in [0.3, 0.4) is 0 Å².